The average Bonchev–Trinajstić information content (AvgIpc) is 2.19. The Morgan fingerprint density at radius 3 is 2.69 bits per heavy atom. The van der Waals surface area contributed by atoms with Crippen molar-refractivity contribution >= 4 is 0 Å². The van der Waals surface area contributed by atoms with Crippen molar-refractivity contribution < 1.29 is 9.84 Å². The van der Waals surface area contributed by atoms with E-state index in [1.54, 1.807) is 6.92 Å². The van der Waals surface area contributed by atoms with Gasteiger partial charge in [0, 0.05) is 6.42 Å². The third-order valence-electron chi connectivity index (χ3n) is 2.47. The Hall–Kier alpha value is -1.28. The first-order valence-electron chi connectivity index (χ1n) is 5.56. The van der Waals surface area contributed by atoms with Crippen LogP contribution >= 0.6 is 0 Å². The van der Waals surface area contributed by atoms with Gasteiger partial charge in [0.2, 0.25) is 0 Å². The van der Waals surface area contributed by atoms with Gasteiger partial charge in [-0.2, -0.15) is 0 Å². The van der Waals surface area contributed by atoms with Crippen LogP contribution in [0.4, 0.5) is 0 Å². The highest BCUT2D eigenvalue weighted by atomic mass is 16.5. The number of ether oxygens (including phenoxy) is 1. The predicted octanol–water partition coefficient (Wildman–Crippen LogP) is 3.39. The molecule has 2 nitrogen and oxygen atoms in total. The minimum atomic E-state index is -0.428. The van der Waals surface area contributed by atoms with E-state index in [1.165, 1.54) is 0 Å². The van der Waals surface area contributed by atoms with Crippen molar-refractivity contribution in [2.24, 2.45) is 0 Å². The molecule has 2 heteroatoms. The summed E-state index contributed by atoms with van der Waals surface area (Å²) in [5, 5.41) is 9.44. The van der Waals surface area contributed by atoms with E-state index >= 15 is 0 Å². The van der Waals surface area contributed by atoms with E-state index in [0.717, 1.165) is 28.9 Å². The summed E-state index contributed by atoms with van der Waals surface area (Å²) >= 11 is 0. The van der Waals surface area contributed by atoms with Gasteiger partial charge in [0.25, 0.3) is 0 Å². The Morgan fingerprint density at radius 1 is 1.50 bits per heavy atom. The van der Waals surface area contributed by atoms with Crippen molar-refractivity contribution in [2.45, 2.75) is 33.3 Å². The van der Waals surface area contributed by atoms with E-state index in [4.69, 9.17) is 4.74 Å². The maximum atomic E-state index is 9.44. The second-order valence-electron chi connectivity index (χ2n) is 4.26. The first-order chi connectivity index (χ1) is 7.50. The van der Waals surface area contributed by atoms with Crippen LogP contribution in [0.15, 0.2) is 30.4 Å². The van der Waals surface area contributed by atoms with E-state index in [0.29, 0.717) is 6.61 Å². The predicted molar refractivity (Wildman–Crippen MR) is 66.7 cm³/mol. The molecule has 0 saturated heterocycles. The van der Waals surface area contributed by atoms with Gasteiger partial charge in [0.15, 0.2) is 0 Å². The Morgan fingerprint density at radius 2 is 2.19 bits per heavy atom. The molecule has 0 fully saturated rings. The topological polar surface area (TPSA) is 29.5 Å². The number of hydrogen-bond acceptors (Lipinski definition) is 2. The number of aliphatic hydroxyl groups is 1. The molecule has 0 radical (unpaired) electrons. The van der Waals surface area contributed by atoms with Crippen LogP contribution in [0.1, 0.15) is 37.5 Å². The van der Waals surface area contributed by atoms with Crippen LogP contribution in [-0.2, 0) is 0 Å². The van der Waals surface area contributed by atoms with Crippen LogP contribution in [0.5, 0.6) is 5.75 Å². The van der Waals surface area contributed by atoms with Crippen molar-refractivity contribution in [2.75, 3.05) is 6.61 Å². The van der Waals surface area contributed by atoms with Gasteiger partial charge in [-0.25, -0.2) is 0 Å². The molecule has 1 aromatic rings. The minimum Gasteiger partial charge on any atom is -0.493 e. The van der Waals surface area contributed by atoms with Crippen molar-refractivity contribution in [3.8, 4) is 5.75 Å². The molecule has 0 bridgehead atoms. The molecule has 1 N–H and O–H groups in total. The molecule has 0 heterocycles. The van der Waals surface area contributed by atoms with E-state index < -0.39 is 6.10 Å². The number of rotatable bonds is 5. The molecule has 1 rings (SSSR count). The Kier molecular flexibility index (Phi) is 4.56. The lowest BCUT2D eigenvalue weighted by atomic mass is 10.1. The van der Waals surface area contributed by atoms with Gasteiger partial charge in [-0.3, -0.25) is 0 Å². The monoisotopic (exact) mass is 220 g/mol. The fraction of sp³-hybridized carbons (Fsp3) is 0.429. The summed E-state index contributed by atoms with van der Waals surface area (Å²) in [5.74, 6) is 0.880. The maximum Gasteiger partial charge on any atom is 0.122 e. The molecule has 0 aromatic heterocycles. The van der Waals surface area contributed by atoms with E-state index in [2.05, 4.69) is 6.58 Å². The van der Waals surface area contributed by atoms with Gasteiger partial charge < -0.3 is 9.84 Å². The number of aryl methyl sites for hydroxylation is 1. The SMILES string of the molecule is C=C(C)CCOc1ccc([C@@H](C)O)cc1C. The first kappa shape index (κ1) is 12.8. The zero-order valence-electron chi connectivity index (χ0n) is 10.3. The summed E-state index contributed by atoms with van der Waals surface area (Å²) in [7, 11) is 0. The fourth-order valence-electron chi connectivity index (χ4n) is 1.43. The van der Waals surface area contributed by atoms with Crippen LogP contribution in [0.3, 0.4) is 0 Å². The Labute approximate surface area is 97.6 Å². The lowest BCUT2D eigenvalue weighted by Gasteiger charge is -2.11. The average molecular weight is 220 g/mol. The Balaban J connectivity index is 2.64. The molecule has 0 aliphatic rings. The normalized spacial score (nSPS) is 12.2. The van der Waals surface area contributed by atoms with E-state index in [-0.39, 0.29) is 0 Å². The molecule has 1 aromatic carbocycles. The largest absolute Gasteiger partial charge is 0.493 e. The summed E-state index contributed by atoms with van der Waals surface area (Å²) in [5.41, 5.74) is 3.10. The van der Waals surface area contributed by atoms with Crippen LogP contribution in [0.25, 0.3) is 0 Å². The summed E-state index contributed by atoms with van der Waals surface area (Å²) in [6.07, 6.45) is 0.445. The zero-order valence-corrected chi connectivity index (χ0v) is 10.3. The molecule has 16 heavy (non-hydrogen) atoms. The zero-order chi connectivity index (χ0) is 12.1. The van der Waals surface area contributed by atoms with Crippen molar-refractivity contribution in [3.63, 3.8) is 0 Å². The van der Waals surface area contributed by atoms with E-state index in [1.807, 2.05) is 32.0 Å². The van der Waals surface area contributed by atoms with E-state index in [9.17, 15) is 5.11 Å². The molecule has 0 saturated carbocycles. The molecule has 0 unspecified atom stereocenters. The minimum absolute atomic E-state index is 0.428. The molecule has 0 aliphatic heterocycles. The quantitative estimate of drug-likeness (QED) is 0.771. The van der Waals surface area contributed by atoms with Gasteiger partial charge in [0.1, 0.15) is 5.75 Å². The number of benzene rings is 1. The standard InChI is InChI=1S/C14H20O2/c1-10(2)7-8-16-14-6-5-13(12(4)15)9-11(14)3/h5-6,9,12,15H,1,7-8H2,2-4H3/t12-/m1/s1. The summed E-state index contributed by atoms with van der Waals surface area (Å²) in [6, 6.07) is 5.77. The first-order valence-corrected chi connectivity index (χ1v) is 5.56. The molecule has 0 spiro atoms. The molecular weight excluding hydrogens is 200 g/mol. The lowest BCUT2D eigenvalue weighted by molar-refractivity contribution is 0.199. The molecule has 0 amide bonds. The van der Waals surface area contributed by atoms with Crippen molar-refractivity contribution in [3.05, 3.63) is 41.5 Å². The Bertz CT molecular complexity index is 367. The highest BCUT2D eigenvalue weighted by Crippen LogP contribution is 2.22. The van der Waals surface area contributed by atoms with Crippen LogP contribution in [0.2, 0.25) is 0 Å². The fourth-order valence-corrected chi connectivity index (χ4v) is 1.43. The smallest absolute Gasteiger partial charge is 0.122 e. The highest BCUT2D eigenvalue weighted by molar-refractivity contribution is 5.36. The molecule has 0 aliphatic carbocycles. The summed E-state index contributed by atoms with van der Waals surface area (Å²) in [6.45, 7) is 10.2. The molecular formula is C14H20O2. The lowest BCUT2D eigenvalue weighted by Crippen LogP contribution is -2.00. The molecule has 1 atom stereocenters. The van der Waals surface area contributed by atoms with Gasteiger partial charge >= 0.3 is 0 Å². The van der Waals surface area contributed by atoms with Crippen molar-refractivity contribution in [1.29, 1.82) is 0 Å². The summed E-state index contributed by atoms with van der Waals surface area (Å²) in [4.78, 5) is 0. The summed E-state index contributed by atoms with van der Waals surface area (Å²) < 4.78 is 5.64. The third-order valence-corrected chi connectivity index (χ3v) is 2.47. The second-order valence-corrected chi connectivity index (χ2v) is 4.26. The van der Waals surface area contributed by atoms with Gasteiger partial charge in [-0.1, -0.05) is 11.6 Å². The molecule has 88 valence electrons. The van der Waals surface area contributed by atoms with Gasteiger partial charge in [-0.15, -0.1) is 6.58 Å². The van der Waals surface area contributed by atoms with Crippen LogP contribution < -0.4 is 4.74 Å². The second kappa shape index (κ2) is 5.71. The van der Waals surface area contributed by atoms with Crippen molar-refractivity contribution in [1.82, 2.24) is 0 Å². The number of aliphatic hydroxyl groups excluding tert-OH is 1. The van der Waals surface area contributed by atoms with Crippen LogP contribution in [0, 0.1) is 6.92 Å². The van der Waals surface area contributed by atoms with Gasteiger partial charge in [-0.05, 0) is 44.0 Å². The van der Waals surface area contributed by atoms with Crippen LogP contribution in [-0.4, -0.2) is 11.7 Å². The van der Waals surface area contributed by atoms with Gasteiger partial charge in [0.05, 0.1) is 12.7 Å². The third kappa shape index (κ3) is 3.70. The highest BCUT2D eigenvalue weighted by Gasteiger charge is 2.04. The number of hydrogen-bond donors (Lipinski definition) is 1. The maximum absolute atomic E-state index is 9.44.